The molecule has 1 aromatic rings. The lowest BCUT2D eigenvalue weighted by Gasteiger charge is -2.29. The Morgan fingerprint density at radius 1 is 1.33 bits per heavy atom. The largest absolute Gasteiger partial charge is 0.508 e. The summed E-state index contributed by atoms with van der Waals surface area (Å²) in [6, 6.07) is 7.05. The van der Waals surface area contributed by atoms with Crippen LogP contribution in [0.5, 0.6) is 5.75 Å². The molecule has 1 atom stereocenters. The van der Waals surface area contributed by atoms with Crippen molar-refractivity contribution in [3.8, 4) is 5.75 Å². The summed E-state index contributed by atoms with van der Waals surface area (Å²) in [4.78, 5) is 14.1. The molecule has 0 aliphatic heterocycles. The second kappa shape index (κ2) is 8.00. The maximum Gasteiger partial charge on any atom is 0.325 e. The number of aryl methyl sites for hydroxylation is 1. The van der Waals surface area contributed by atoms with Gasteiger partial charge in [-0.3, -0.25) is 4.79 Å². The SMILES string of the molecule is COC(=O)C(C)(CCc1ccc(O)cc1)NCCN(C)C. The van der Waals surface area contributed by atoms with Crippen LogP contribution in [0.1, 0.15) is 18.9 Å². The zero-order valence-corrected chi connectivity index (χ0v) is 13.3. The van der Waals surface area contributed by atoms with Gasteiger partial charge in [0.15, 0.2) is 0 Å². The lowest BCUT2D eigenvalue weighted by Crippen LogP contribution is -2.52. The van der Waals surface area contributed by atoms with Crippen LogP contribution in [0.3, 0.4) is 0 Å². The molecule has 0 aliphatic rings. The van der Waals surface area contributed by atoms with Crippen molar-refractivity contribution in [1.29, 1.82) is 0 Å². The lowest BCUT2D eigenvalue weighted by molar-refractivity contribution is -0.148. The Bertz CT molecular complexity index is 445. The van der Waals surface area contributed by atoms with Crippen LogP contribution in [0.2, 0.25) is 0 Å². The third-order valence-corrected chi connectivity index (χ3v) is 3.56. The molecule has 21 heavy (non-hydrogen) atoms. The van der Waals surface area contributed by atoms with Gasteiger partial charge in [0.25, 0.3) is 0 Å². The van der Waals surface area contributed by atoms with Crippen LogP contribution in [0, 0.1) is 0 Å². The van der Waals surface area contributed by atoms with Crippen molar-refractivity contribution in [2.75, 3.05) is 34.3 Å². The fraction of sp³-hybridized carbons (Fsp3) is 0.562. The summed E-state index contributed by atoms with van der Waals surface area (Å²) in [5, 5.41) is 12.6. The molecule has 1 unspecified atom stereocenters. The minimum Gasteiger partial charge on any atom is -0.508 e. The number of esters is 1. The highest BCUT2D eigenvalue weighted by atomic mass is 16.5. The number of rotatable bonds is 8. The van der Waals surface area contributed by atoms with Crippen LogP contribution in [0.25, 0.3) is 0 Å². The zero-order valence-electron chi connectivity index (χ0n) is 13.3. The van der Waals surface area contributed by atoms with Gasteiger partial charge in [0.2, 0.25) is 0 Å². The standard InChI is InChI=1S/C16H26N2O3/c1-16(15(20)21-4,17-11-12-18(2)3)10-9-13-5-7-14(19)8-6-13/h5-8,17,19H,9-12H2,1-4H3. The van der Waals surface area contributed by atoms with Crippen molar-refractivity contribution < 1.29 is 14.6 Å². The number of benzene rings is 1. The van der Waals surface area contributed by atoms with E-state index >= 15 is 0 Å². The number of hydrogen-bond donors (Lipinski definition) is 2. The zero-order chi connectivity index (χ0) is 15.9. The van der Waals surface area contributed by atoms with Crippen LogP contribution >= 0.6 is 0 Å². The molecule has 0 fully saturated rings. The number of aromatic hydroxyl groups is 1. The summed E-state index contributed by atoms with van der Waals surface area (Å²) >= 11 is 0. The van der Waals surface area contributed by atoms with Crippen LogP contribution in [0.4, 0.5) is 0 Å². The van der Waals surface area contributed by atoms with E-state index in [-0.39, 0.29) is 11.7 Å². The van der Waals surface area contributed by atoms with Crippen molar-refractivity contribution in [2.24, 2.45) is 0 Å². The average molecular weight is 294 g/mol. The van der Waals surface area contributed by atoms with Crippen molar-refractivity contribution in [3.05, 3.63) is 29.8 Å². The number of ether oxygens (including phenoxy) is 1. The number of likely N-dealkylation sites (N-methyl/N-ethyl adjacent to an activating group) is 1. The number of hydrogen-bond acceptors (Lipinski definition) is 5. The van der Waals surface area contributed by atoms with E-state index in [9.17, 15) is 9.90 Å². The van der Waals surface area contributed by atoms with Crippen molar-refractivity contribution in [2.45, 2.75) is 25.3 Å². The van der Waals surface area contributed by atoms with Gasteiger partial charge < -0.3 is 20.1 Å². The molecule has 0 bridgehead atoms. The third kappa shape index (κ3) is 5.73. The lowest BCUT2D eigenvalue weighted by atomic mass is 9.93. The molecule has 0 heterocycles. The second-order valence-electron chi connectivity index (χ2n) is 5.72. The molecule has 0 spiro atoms. The first-order chi connectivity index (χ1) is 9.87. The molecular formula is C16H26N2O3. The van der Waals surface area contributed by atoms with Crippen molar-refractivity contribution >= 4 is 5.97 Å². The van der Waals surface area contributed by atoms with E-state index in [2.05, 4.69) is 10.2 Å². The minimum absolute atomic E-state index is 0.249. The Hall–Kier alpha value is -1.59. The third-order valence-electron chi connectivity index (χ3n) is 3.56. The molecule has 0 aliphatic carbocycles. The first-order valence-electron chi connectivity index (χ1n) is 7.13. The van der Waals surface area contributed by atoms with Crippen molar-refractivity contribution in [3.63, 3.8) is 0 Å². The summed E-state index contributed by atoms with van der Waals surface area (Å²) in [5.74, 6) is -0.00128. The van der Waals surface area contributed by atoms with Gasteiger partial charge in [-0.15, -0.1) is 0 Å². The van der Waals surface area contributed by atoms with Gasteiger partial charge in [-0.1, -0.05) is 12.1 Å². The molecule has 0 aromatic heterocycles. The van der Waals surface area contributed by atoms with Crippen LogP contribution in [-0.4, -0.2) is 55.8 Å². The molecule has 0 amide bonds. The Morgan fingerprint density at radius 2 is 1.95 bits per heavy atom. The molecule has 1 rings (SSSR count). The smallest absolute Gasteiger partial charge is 0.325 e. The van der Waals surface area contributed by atoms with E-state index in [0.717, 1.165) is 18.5 Å². The fourth-order valence-electron chi connectivity index (χ4n) is 2.10. The van der Waals surface area contributed by atoms with Gasteiger partial charge in [-0.05, 0) is 51.6 Å². The number of carbonyl (C=O) groups is 1. The quantitative estimate of drug-likeness (QED) is 0.710. The summed E-state index contributed by atoms with van der Waals surface area (Å²) in [7, 11) is 5.40. The molecule has 5 heteroatoms. The van der Waals surface area contributed by atoms with E-state index in [0.29, 0.717) is 13.0 Å². The molecule has 5 nitrogen and oxygen atoms in total. The minimum atomic E-state index is -0.706. The molecule has 0 saturated heterocycles. The van der Waals surface area contributed by atoms with E-state index in [1.165, 1.54) is 7.11 Å². The fourth-order valence-corrected chi connectivity index (χ4v) is 2.10. The van der Waals surface area contributed by atoms with Crippen LogP contribution < -0.4 is 5.32 Å². The normalized spacial score (nSPS) is 14.0. The number of nitrogens with one attached hydrogen (secondary N) is 1. The maximum atomic E-state index is 12.0. The predicted molar refractivity (Wildman–Crippen MR) is 83.4 cm³/mol. The van der Waals surface area contributed by atoms with Crippen LogP contribution in [-0.2, 0) is 16.0 Å². The first-order valence-corrected chi connectivity index (χ1v) is 7.13. The Balaban J connectivity index is 2.64. The van der Waals surface area contributed by atoms with Gasteiger partial charge in [-0.2, -0.15) is 0 Å². The number of carbonyl (C=O) groups excluding carboxylic acids is 1. The monoisotopic (exact) mass is 294 g/mol. The van der Waals surface area contributed by atoms with E-state index < -0.39 is 5.54 Å². The average Bonchev–Trinajstić information content (AvgIpc) is 2.45. The summed E-state index contributed by atoms with van der Waals surface area (Å²) in [5.41, 5.74) is 0.375. The molecule has 1 aromatic carbocycles. The van der Waals surface area contributed by atoms with Gasteiger partial charge in [0.1, 0.15) is 11.3 Å². The molecular weight excluding hydrogens is 268 g/mol. The first kappa shape index (κ1) is 17.5. The van der Waals surface area contributed by atoms with E-state index in [4.69, 9.17) is 4.74 Å². The highest BCUT2D eigenvalue weighted by molar-refractivity contribution is 5.80. The Labute approximate surface area is 126 Å². The molecule has 2 N–H and O–H groups in total. The maximum absolute atomic E-state index is 12.0. The predicted octanol–water partition coefficient (Wildman–Crippen LogP) is 1.41. The van der Waals surface area contributed by atoms with Gasteiger partial charge >= 0.3 is 5.97 Å². The molecule has 118 valence electrons. The van der Waals surface area contributed by atoms with Gasteiger partial charge in [0, 0.05) is 13.1 Å². The Morgan fingerprint density at radius 3 is 2.48 bits per heavy atom. The summed E-state index contributed by atoms with van der Waals surface area (Å²) in [6.45, 7) is 3.44. The van der Waals surface area contributed by atoms with Gasteiger partial charge in [0.05, 0.1) is 7.11 Å². The summed E-state index contributed by atoms with van der Waals surface area (Å²) in [6.07, 6.45) is 1.37. The highest BCUT2D eigenvalue weighted by Gasteiger charge is 2.33. The van der Waals surface area contributed by atoms with Crippen LogP contribution in [0.15, 0.2) is 24.3 Å². The molecule has 0 radical (unpaired) electrons. The van der Waals surface area contributed by atoms with Gasteiger partial charge in [-0.25, -0.2) is 0 Å². The number of phenolic OH excluding ortho intramolecular Hbond substituents is 1. The Kier molecular flexibility index (Phi) is 6.65. The van der Waals surface area contributed by atoms with E-state index in [1.54, 1.807) is 12.1 Å². The second-order valence-corrected chi connectivity index (χ2v) is 5.72. The van der Waals surface area contributed by atoms with E-state index in [1.807, 2.05) is 33.2 Å². The number of methoxy groups -OCH3 is 1. The highest BCUT2D eigenvalue weighted by Crippen LogP contribution is 2.18. The summed E-state index contributed by atoms with van der Waals surface area (Å²) < 4.78 is 4.93. The van der Waals surface area contributed by atoms with Crippen molar-refractivity contribution in [1.82, 2.24) is 10.2 Å². The topological polar surface area (TPSA) is 61.8 Å². The molecule has 0 saturated carbocycles. The number of phenols is 1. The number of nitrogens with zero attached hydrogens (tertiary/aromatic N) is 1.